The fourth-order valence-electron chi connectivity index (χ4n) is 2.25. The average Bonchev–Trinajstić information content (AvgIpc) is 2.35. The van der Waals surface area contributed by atoms with E-state index in [4.69, 9.17) is 10.5 Å². The molecular weight excluding hydrogens is 216 g/mol. The zero-order chi connectivity index (χ0) is 12.8. The predicted octanol–water partition coefficient (Wildman–Crippen LogP) is 1.39. The second-order valence-corrected chi connectivity index (χ2v) is 4.97. The van der Waals surface area contributed by atoms with E-state index in [0.717, 1.165) is 19.4 Å². The van der Waals surface area contributed by atoms with E-state index in [1.807, 2.05) is 11.8 Å². The topological polar surface area (TPSA) is 55.6 Å². The minimum atomic E-state index is 0.153. The molecule has 0 radical (unpaired) electrons. The molecule has 1 aliphatic heterocycles. The van der Waals surface area contributed by atoms with Crippen LogP contribution in [0.2, 0.25) is 0 Å². The molecule has 1 saturated heterocycles. The van der Waals surface area contributed by atoms with Gasteiger partial charge in [-0.2, -0.15) is 0 Å². The molecule has 0 spiro atoms. The molecule has 0 aromatic heterocycles. The molecule has 3 unspecified atom stereocenters. The molecule has 4 heteroatoms. The first-order valence-electron chi connectivity index (χ1n) is 6.73. The Kier molecular flexibility index (Phi) is 5.92. The van der Waals surface area contributed by atoms with Crippen molar-refractivity contribution in [3.05, 3.63) is 0 Å². The molecule has 1 fully saturated rings. The van der Waals surface area contributed by atoms with Gasteiger partial charge in [-0.25, -0.2) is 0 Å². The Morgan fingerprint density at radius 3 is 2.76 bits per heavy atom. The standard InChI is InChI=1S/C13H26N2O2/c1-4-11(7-14)6-13(16)15-8-10(3)17-9-12(15)5-2/h10-12H,4-9,14H2,1-3H3. The van der Waals surface area contributed by atoms with Crippen LogP contribution in [0.25, 0.3) is 0 Å². The van der Waals surface area contributed by atoms with Crippen molar-refractivity contribution in [2.75, 3.05) is 19.7 Å². The first kappa shape index (κ1) is 14.5. The van der Waals surface area contributed by atoms with Crippen molar-refractivity contribution < 1.29 is 9.53 Å². The molecule has 3 atom stereocenters. The van der Waals surface area contributed by atoms with Gasteiger partial charge >= 0.3 is 0 Å². The molecule has 0 aromatic rings. The van der Waals surface area contributed by atoms with Gasteiger partial charge in [-0.05, 0) is 25.8 Å². The number of nitrogens with two attached hydrogens (primary N) is 1. The van der Waals surface area contributed by atoms with E-state index in [2.05, 4.69) is 13.8 Å². The second-order valence-electron chi connectivity index (χ2n) is 4.97. The number of morpholine rings is 1. The molecule has 0 saturated carbocycles. The third-order valence-electron chi connectivity index (χ3n) is 3.63. The Labute approximate surface area is 104 Å². The largest absolute Gasteiger partial charge is 0.375 e. The van der Waals surface area contributed by atoms with Crippen LogP contribution in [-0.4, -0.2) is 42.6 Å². The maximum absolute atomic E-state index is 12.3. The maximum Gasteiger partial charge on any atom is 0.223 e. The fourth-order valence-corrected chi connectivity index (χ4v) is 2.25. The van der Waals surface area contributed by atoms with Crippen LogP contribution in [0.15, 0.2) is 0 Å². The molecule has 0 aromatic carbocycles. The Morgan fingerprint density at radius 2 is 2.24 bits per heavy atom. The van der Waals surface area contributed by atoms with Crippen LogP contribution < -0.4 is 5.73 Å². The third kappa shape index (κ3) is 3.96. The zero-order valence-corrected chi connectivity index (χ0v) is 11.3. The monoisotopic (exact) mass is 242 g/mol. The minimum absolute atomic E-state index is 0.153. The number of hydrogen-bond donors (Lipinski definition) is 1. The normalized spacial score (nSPS) is 26.9. The highest BCUT2D eigenvalue weighted by Gasteiger charge is 2.29. The Morgan fingerprint density at radius 1 is 1.53 bits per heavy atom. The van der Waals surface area contributed by atoms with Crippen LogP contribution in [0.5, 0.6) is 0 Å². The van der Waals surface area contributed by atoms with Crippen LogP contribution >= 0.6 is 0 Å². The predicted molar refractivity (Wildman–Crippen MR) is 68.7 cm³/mol. The number of amides is 1. The van der Waals surface area contributed by atoms with E-state index < -0.39 is 0 Å². The summed E-state index contributed by atoms with van der Waals surface area (Å²) in [4.78, 5) is 14.2. The summed E-state index contributed by atoms with van der Waals surface area (Å²) in [6.45, 7) is 8.20. The van der Waals surface area contributed by atoms with Crippen molar-refractivity contribution in [2.45, 2.75) is 52.2 Å². The SMILES string of the molecule is CCC(CN)CC(=O)N1CC(C)OCC1CC. The lowest BCUT2D eigenvalue weighted by molar-refractivity contribution is -0.145. The van der Waals surface area contributed by atoms with E-state index in [1.165, 1.54) is 0 Å². The summed E-state index contributed by atoms with van der Waals surface area (Å²) in [5.41, 5.74) is 5.66. The minimum Gasteiger partial charge on any atom is -0.375 e. The number of rotatable bonds is 5. The Balaban J connectivity index is 2.57. The van der Waals surface area contributed by atoms with Crippen molar-refractivity contribution in [3.63, 3.8) is 0 Å². The quantitative estimate of drug-likeness (QED) is 0.792. The lowest BCUT2D eigenvalue weighted by Crippen LogP contribution is -2.51. The summed E-state index contributed by atoms with van der Waals surface area (Å²) in [7, 11) is 0. The summed E-state index contributed by atoms with van der Waals surface area (Å²) in [6, 6.07) is 0.244. The molecule has 1 aliphatic rings. The van der Waals surface area contributed by atoms with Gasteiger partial charge in [0.1, 0.15) is 0 Å². The summed E-state index contributed by atoms with van der Waals surface area (Å²) < 4.78 is 5.60. The molecule has 100 valence electrons. The van der Waals surface area contributed by atoms with Crippen molar-refractivity contribution in [1.82, 2.24) is 4.90 Å². The molecule has 2 N–H and O–H groups in total. The van der Waals surface area contributed by atoms with Crippen LogP contribution in [0, 0.1) is 5.92 Å². The van der Waals surface area contributed by atoms with E-state index >= 15 is 0 Å². The maximum atomic E-state index is 12.3. The van der Waals surface area contributed by atoms with Crippen LogP contribution in [0.3, 0.4) is 0 Å². The van der Waals surface area contributed by atoms with Gasteiger partial charge in [-0.1, -0.05) is 20.3 Å². The van der Waals surface area contributed by atoms with Gasteiger partial charge in [0.2, 0.25) is 5.91 Å². The van der Waals surface area contributed by atoms with Crippen molar-refractivity contribution in [2.24, 2.45) is 11.7 Å². The van der Waals surface area contributed by atoms with Gasteiger partial charge in [-0.15, -0.1) is 0 Å². The van der Waals surface area contributed by atoms with Gasteiger partial charge in [0.05, 0.1) is 18.8 Å². The van der Waals surface area contributed by atoms with Gasteiger partial charge in [0.25, 0.3) is 0 Å². The van der Waals surface area contributed by atoms with Gasteiger partial charge in [-0.3, -0.25) is 4.79 Å². The number of carbonyl (C=O) groups is 1. The van der Waals surface area contributed by atoms with Gasteiger partial charge in [0.15, 0.2) is 0 Å². The summed E-state index contributed by atoms with van der Waals surface area (Å²) >= 11 is 0. The van der Waals surface area contributed by atoms with Crippen molar-refractivity contribution in [3.8, 4) is 0 Å². The smallest absolute Gasteiger partial charge is 0.223 e. The zero-order valence-electron chi connectivity index (χ0n) is 11.3. The van der Waals surface area contributed by atoms with Crippen LogP contribution in [0.4, 0.5) is 0 Å². The van der Waals surface area contributed by atoms with Crippen molar-refractivity contribution >= 4 is 5.91 Å². The van der Waals surface area contributed by atoms with Gasteiger partial charge in [0, 0.05) is 13.0 Å². The van der Waals surface area contributed by atoms with Gasteiger partial charge < -0.3 is 15.4 Å². The first-order valence-corrected chi connectivity index (χ1v) is 6.73. The lowest BCUT2D eigenvalue weighted by atomic mass is 10.0. The Bertz CT molecular complexity index is 242. The highest BCUT2D eigenvalue weighted by molar-refractivity contribution is 5.77. The van der Waals surface area contributed by atoms with E-state index in [1.54, 1.807) is 0 Å². The number of nitrogens with zero attached hydrogens (tertiary/aromatic N) is 1. The third-order valence-corrected chi connectivity index (χ3v) is 3.63. The summed E-state index contributed by atoms with van der Waals surface area (Å²) in [6.07, 6.45) is 2.66. The number of hydrogen-bond acceptors (Lipinski definition) is 3. The molecule has 1 amide bonds. The molecule has 0 bridgehead atoms. The van der Waals surface area contributed by atoms with E-state index in [9.17, 15) is 4.79 Å². The average molecular weight is 242 g/mol. The highest BCUT2D eigenvalue weighted by Crippen LogP contribution is 2.18. The van der Waals surface area contributed by atoms with E-state index in [-0.39, 0.29) is 18.1 Å². The lowest BCUT2D eigenvalue weighted by Gasteiger charge is -2.39. The Hall–Kier alpha value is -0.610. The summed E-state index contributed by atoms with van der Waals surface area (Å²) in [5.74, 6) is 0.558. The van der Waals surface area contributed by atoms with E-state index in [0.29, 0.717) is 25.5 Å². The summed E-state index contributed by atoms with van der Waals surface area (Å²) in [5, 5.41) is 0. The fraction of sp³-hybridized carbons (Fsp3) is 0.923. The number of carbonyl (C=O) groups excluding carboxylic acids is 1. The molecule has 4 nitrogen and oxygen atoms in total. The molecule has 1 heterocycles. The molecular formula is C13H26N2O2. The first-order chi connectivity index (χ1) is 8.12. The molecule has 1 rings (SSSR count). The molecule has 17 heavy (non-hydrogen) atoms. The second kappa shape index (κ2) is 6.97. The molecule has 0 aliphatic carbocycles. The van der Waals surface area contributed by atoms with Crippen LogP contribution in [-0.2, 0) is 9.53 Å². The van der Waals surface area contributed by atoms with Crippen molar-refractivity contribution in [1.29, 1.82) is 0 Å². The van der Waals surface area contributed by atoms with Crippen LogP contribution in [0.1, 0.15) is 40.0 Å². The number of ether oxygens (including phenoxy) is 1. The highest BCUT2D eigenvalue weighted by atomic mass is 16.5.